The van der Waals surface area contributed by atoms with Crippen LogP contribution in [0, 0.1) is 0 Å². The van der Waals surface area contributed by atoms with Gasteiger partial charge in [-0.05, 0) is 19.8 Å². The van der Waals surface area contributed by atoms with Gasteiger partial charge in [-0.15, -0.1) is 0 Å². The molecule has 17 heavy (non-hydrogen) atoms. The molecule has 2 N–H and O–H groups in total. The molecule has 0 aliphatic heterocycles. The largest absolute Gasteiger partial charge is 0.383 e. The third-order valence-electron chi connectivity index (χ3n) is 3.51. The fraction of sp³-hybridized carbons (Fsp3) is 1.00. The highest BCUT2D eigenvalue weighted by molar-refractivity contribution is 4.90. The molecule has 1 atom stereocenters. The fourth-order valence-corrected chi connectivity index (χ4v) is 2.38. The molecular weight excluding hydrogens is 216 g/mol. The van der Waals surface area contributed by atoms with Gasteiger partial charge >= 0.3 is 0 Å². The Balaban J connectivity index is 4.83. The van der Waals surface area contributed by atoms with E-state index < -0.39 is 0 Å². The van der Waals surface area contributed by atoms with E-state index in [1.807, 2.05) is 0 Å². The number of rotatable bonds is 10. The summed E-state index contributed by atoms with van der Waals surface area (Å²) in [6.45, 7) is 9.50. The van der Waals surface area contributed by atoms with E-state index in [4.69, 9.17) is 15.2 Å². The number of nitrogens with zero attached hydrogens (tertiary/aromatic N) is 1. The Hall–Kier alpha value is -0.160. The molecule has 0 aliphatic carbocycles. The van der Waals surface area contributed by atoms with E-state index in [1.54, 1.807) is 14.2 Å². The topological polar surface area (TPSA) is 47.7 Å². The summed E-state index contributed by atoms with van der Waals surface area (Å²) in [4.78, 5) is 2.44. The molecule has 0 aromatic carbocycles. The van der Waals surface area contributed by atoms with Crippen LogP contribution in [-0.2, 0) is 9.47 Å². The van der Waals surface area contributed by atoms with Gasteiger partial charge in [0.15, 0.2) is 0 Å². The van der Waals surface area contributed by atoms with Crippen molar-refractivity contribution in [3.05, 3.63) is 0 Å². The van der Waals surface area contributed by atoms with E-state index in [9.17, 15) is 0 Å². The predicted octanol–water partition coefficient (Wildman–Crippen LogP) is 1.49. The van der Waals surface area contributed by atoms with E-state index in [2.05, 4.69) is 25.7 Å². The number of ether oxygens (including phenoxy) is 2. The second-order valence-corrected chi connectivity index (χ2v) is 4.79. The van der Waals surface area contributed by atoms with Gasteiger partial charge in [-0.2, -0.15) is 0 Å². The van der Waals surface area contributed by atoms with Gasteiger partial charge in [0.25, 0.3) is 0 Å². The minimum Gasteiger partial charge on any atom is -0.383 e. The van der Waals surface area contributed by atoms with Gasteiger partial charge in [-0.1, -0.05) is 13.8 Å². The van der Waals surface area contributed by atoms with Crippen molar-refractivity contribution in [1.29, 1.82) is 0 Å². The lowest BCUT2D eigenvalue weighted by Crippen LogP contribution is -2.59. The fourth-order valence-electron chi connectivity index (χ4n) is 2.38. The standard InChI is InChI=1S/C13H30N2O2/c1-6-12(7-2)15(8-9-16-4)13(3,10-14)11-17-5/h12H,6-11,14H2,1-5H3. The first-order chi connectivity index (χ1) is 8.09. The molecule has 0 saturated heterocycles. The zero-order valence-corrected chi connectivity index (χ0v) is 12.2. The van der Waals surface area contributed by atoms with E-state index in [-0.39, 0.29) is 5.54 Å². The molecule has 0 fully saturated rings. The molecule has 0 amide bonds. The molecule has 0 aromatic heterocycles. The van der Waals surface area contributed by atoms with Gasteiger partial charge < -0.3 is 15.2 Å². The van der Waals surface area contributed by atoms with Crippen LogP contribution in [0.3, 0.4) is 0 Å². The van der Waals surface area contributed by atoms with Crippen molar-refractivity contribution in [2.75, 3.05) is 40.5 Å². The first kappa shape index (κ1) is 16.8. The molecule has 0 spiro atoms. The lowest BCUT2D eigenvalue weighted by molar-refractivity contribution is -0.0165. The lowest BCUT2D eigenvalue weighted by Gasteiger charge is -2.44. The van der Waals surface area contributed by atoms with E-state index in [0.29, 0.717) is 19.2 Å². The number of hydrogen-bond donors (Lipinski definition) is 1. The Morgan fingerprint density at radius 2 is 1.76 bits per heavy atom. The summed E-state index contributed by atoms with van der Waals surface area (Å²) in [7, 11) is 3.47. The SMILES string of the molecule is CCC(CC)N(CCOC)C(C)(CN)COC. The highest BCUT2D eigenvalue weighted by atomic mass is 16.5. The molecule has 0 aliphatic rings. The maximum Gasteiger partial charge on any atom is 0.0656 e. The third kappa shape index (κ3) is 4.92. The Bertz CT molecular complexity index is 186. The van der Waals surface area contributed by atoms with Crippen LogP contribution in [0.2, 0.25) is 0 Å². The average Bonchev–Trinajstić information content (AvgIpc) is 2.34. The number of methoxy groups -OCH3 is 2. The Morgan fingerprint density at radius 1 is 1.18 bits per heavy atom. The monoisotopic (exact) mass is 246 g/mol. The summed E-state index contributed by atoms with van der Waals surface area (Å²) in [5.74, 6) is 0. The zero-order chi connectivity index (χ0) is 13.3. The quantitative estimate of drug-likeness (QED) is 0.634. The van der Waals surface area contributed by atoms with E-state index in [0.717, 1.165) is 26.0 Å². The lowest BCUT2D eigenvalue weighted by atomic mass is 9.96. The Labute approximate surface area is 106 Å². The van der Waals surface area contributed by atoms with Crippen LogP contribution < -0.4 is 5.73 Å². The highest BCUT2D eigenvalue weighted by Gasteiger charge is 2.33. The molecule has 0 radical (unpaired) electrons. The summed E-state index contributed by atoms with van der Waals surface area (Å²) in [5.41, 5.74) is 5.84. The smallest absolute Gasteiger partial charge is 0.0656 e. The molecule has 4 nitrogen and oxygen atoms in total. The van der Waals surface area contributed by atoms with Crippen LogP contribution in [0.1, 0.15) is 33.6 Å². The van der Waals surface area contributed by atoms with Crippen molar-refractivity contribution in [2.45, 2.75) is 45.2 Å². The first-order valence-electron chi connectivity index (χ1n) is 6.54. The minimum atomic E-state index is -0.107. The maximum atomic E-state index is 5.95. The number of hydrogen-bond acceptors (Lipinski definition) is 4. The molecule has 0 aromatic rings. The summed E-state index contributed by atoms with van der Waals surface area (Å²) in [5, 5.41) is 0. The van der Waals surface area contributed by atoms with Gasteiger partial charge in [0.2, 0.25) is 0 Å². The molecule has 104 valence electrons. The van der Waals surface area contributed by atoms with Gasteiger partial charge in [0.05, 0.1) is 18.8 Å². The van der Waals surface area contributed by atoms with E-state index in [1.165, 1.54) is 0 Å². The highest BCUT2D eigenvalue weighted by Crippen LogP contribution is 2.21. The molecule has 1 unspecified atom stereocenters. The van der Waals surface area contributed by atoms with E-state index >= 15 is 0 Å². The first-order valence-corrected chi connectivity index (χ1v) is 6.54. The molecular formula is C13H30N2O2. The van der Waals surface area contributed by atoms with Crippen LogP contribution in [0.5, 0.6) is 0 Å². The molecule has 0 rings (SSSR count). The van der Waals surface area contributed by atoms with Crippen molar-refractivity contribution >= 4 is 0 Å². The number of nitrogens with two attached hydrogens (primary N) is 1. The van der Waals surface area contributed by atoms with Gasteiger partial charge in [0, 0.05) is 33.4 Å². The van der Waals surface area contributed by atoms with Crippen LogP contribution >= 0.6 is 0 Å². The van der Waals surface area contributed by atoms with Crippen molar-refractivity contribution in [3.63, 3.8) is 0 Å². The summed E-state index contributed by atoms with van der Waals surface area (Å²) in [6, 6.07) is 0.536. The van der Waals surface area contributed by atoms with Crippen LogP contribution in [0.25, 0.3) is 0 Å². The van der Waals surface area contributed by atoms with Gasteiger partial charge in [0.1, 0.15) is 0 Å². The van der Waals surface area contributed by atoms with Crippen molar-refractivity contribution in [2.24, 2.45) is 5.73 Å². The summed E-state index contributed by atoms with van der Waals surface area (Å²) >= 11 is 0. The Morgan fingerprint density at radius 3 is 2.12 bits per heavy atom. The molecule has 0 bridgehead atoms. The average molecular weight is 246 g/mol. The molecule has 0 saturated carbocycles. The van der Waals surface area contributed by atoms with Gasteiger partial charge in [-0.25, -0.2) is 0 Å². The second-order valence-electron chi connectivity index (χ2n) is 4.79. The summed E-state index contributed by atoms with van der Waals surface area (Å²) in [6.07, 6.45) is 2.25. The minimum absolute atomic E-state index is 0.107. The summed E-state index contributed by atoms with van der Waals surface area (Å²) < 4.78 is 10.5. The maximum absolute atomic E-state index is 5.95. The van der Waals surface area contributed by atoms with Crippen LogP contribution in [0.4, 0.5) is 0 Å². The van der Waals surface area contributed by atoms with Crippen molar-refractivity contribution in [1.82, 2.24) is 4.90 Å². The third-order valence-corrected chi connectivity index (χ3v) is 3.51. The predicted molar refractivity (Wildman–Crippen MR) is 72.3 cm³/mol. The van der Waals surface area contributed by atoms with Gasteiger partial charge in [-0.3, -0.25) is 4.90 Å². The molecule has 4 heteroatoms. The second kappa shape index (κ2) is 8.86. The normalized spacial score (nSPS) is 15.5. The zero-order valence-electron chi connectivity index (χ0n) is 12.2. The van der Waals surface area contributed by atoms with Crippen molar-refractivity contribution < 1.29 is 9.47 Å². The van der Waals surface area contributed by atoms with Crippen LogP contribution in [-0.4, -0.2) is 57.0 Å². The van der Waals surface area contributed by atoms with Crippen LogP contribution in [0.15, 0.2) is 0 Å². The molecule has 0 heterocycles. The Kier molecular flexibility index (Phi) is 8.78. The van der Waals surface area contributed by atoms with Crippen molar-refractivity contribution in [3.8, 4) is 0 Å².